The minimum atomic E-state index is -1.14. The number of carbonyl (C=O) groups is 3. The Morgan fingerprint density at radius 1 is 1.22 bits per heavy atom. The van der Waals surface area contributed by atoms with E-state index in [1.54, 1.807) is 24.3 Å². The van der Waals surface area contributed by atoms with Gasteiger partial charge in [0.05, 0.1) is 6.54 Å². The SMILES string of the molecule is O=C(CN1CCCCCC1=O)NC(C(=O)O)c1ccc(Br)cc1. The van der Waals surface area contributed by atoms with Crippen molar-refractivity contribution in [3.05, 3.63) is 34.3 Å². The maximum absolute atomic E-state index is 12.1. The van der Waals surface area contributed by atoms with E-state index in [-0.39, 0.29) is 12.5 Å². The number of halogens is 1. The third kappa shape index (κ3) is 5.06. The van der Waals surface area contributed by atoms with Crippen LogP contribution in [-0.2, 0) is 14.4 Å². The molecule has 0 aliphatic carbocycles. The molecule has 2 N–H and O–H groups in total. The lowest BCUT2D eigenvalue weighted by atomic mass is 10.1. The highest BCUT2D eigenvalue weighted by Crippen LogP contribution is 2.17. The van der Waals surface area contributed by atoms with Crippen molar-refractivity contribution in [3.63, 3.8) is 0 Å². The van der Waals surface area contributed by atoms with Gasteiger partial charge in [0.25, 0.3) is 0 Å². The number of hydrogen-bond donors (Lipinski definition) is 2. The average molecular weight is 383 g/mol. The Morgan fingerprint density at radius 3 is 2.57 bits per heavy atom. The van der Waals surface area contributed by atoms with E-state index < -0.39 is 17.9 Å². The van der Waals surface area contributed by atoms with Gasteiger partial charge in [0.15, 0.2) is 6.04 Å². The topological polar surface area (TPSA) is 86.7 Å². The maximum Gasteiger partial charge on any atom is 0.330 e. The Labute approximate surface area is 143 Å². The van der Waals surface area contributed by atoms with Crippen molar-refractivity contribution in [1.82, 2.24) is 10.2 Å². The summed E-state index contributed by atoms with van der Waals surface area (Å²) >= 11 is 3.28. The molecular weight excluding hydrogens is 364 g/mol. The Bertz CT molecular complexity index is 588. The second kappa shape index (κ2) is 8.10. The molecule has 0 bridgehead atoms. The van der Waals surface area contributed by atoms with E-state index in [1.807, 2.05) is 0 Å². The summed E-state index contributed by atoms with van der Waals surface area (Å²) in [5.41, 5.74) is 0.483. The number of rotatable bonds is 5. The lowest BCUT2D eigenvalue weighted by Gasteiger charge is -2.21. The van der Waals surface area contributed by atoms with Crippen LogP contribution in [0.15, 0.2) is 28.7 Å². The maximum atomic E-state index is 12.1. The molecular formula is C16H19BrN2O4. The average Bonchev–Trinajstić information content (AvgIpc) is 2.71. The molecule has 1 aromatic carbocycles. The highest BCUT2D eigenvalue weighted by molar-refractivity contribution is 9.10. The highest BCUT2D eigenvalue weighted by atomic mass is 79.9. The first kappa shape index (κ1) is 17.5. The normalized spacial score (nSPS) is 16.6. The monoisotopic (exact) mass is 382 g/mol. The van der Waals surface area contributed by atoms with Crippen molar-refractivity contribution >= 4 is 33.7 Å². The van der Waals surface area contributed by atoms with Gasteiger partial charge in [-0.1, -0.05) is 34.5 Å². The van der Waals surface area contributed by atoms with Crippen LogP contribution in [0.1, 0.15) is 37.3 Å². The lowest BCUT2D eigenvalue weighted by molar-refractivity contribution is -0.142. The molecule has 1 saturated heterocycles. The first-order valence-corrected chi connectivity index (χ1v) is 8.32. The van der Waals surface area contributed by atoms with Crippen molar-refractivity contribution in [2.75, 3.05) is 13.1 Å². The highest BCUT2D eigenvalue weighted by Gasteiger charge is 2.25. The van der Waals surface area contributed by atoms with Crippen molar-refractivity contribution in [3.8, 4) is 0 Å². The third-order valence-electron chi connectivity index (χ3n) is 3.76. The zero-order valence-corrected chi connectivity index (χ0v) is 14.2. The fraction of sp³-hybridized carbons (Fsp3) is 0.438. The van der Waals surface area contributed by atoms with Gasteiger partial charge in [-0.25, -0.2) is 4.79 Å². The van der Waals surface area contributed by atoms with Crippen LogP contribution in [-0.4, -0.2) is 40.9 Å². The second-order valence-corrected chi connectivity index (χ2v) is 6.43. The van der Waals surface area contributed by atoms with Crippen molar-refractivity contribution in [1.29, 1.82) is 0 Å². The number of nitrogens with one attached hydrogen (secondary N) is 1. The number of likely N-dealkylation sites (tertiary alicyclic amines) is 1. The minimum Gasteiger partial charge on any atom is -0.479 e. The Morgan fingerprint density at radius 2 is 1.91 bits per heavy atom. The summed E-state index contributed by atoms with van der Waals surface area (Å²) in [4.78, 5) is 37.0. The Kier molecular flexibility index (Phi) is 6.15. The van der Waals surface area contributed by atoms with Crippen molar-refractivity contribution in [2.24, 2.45) is 0 Å². The van der Waals surface area contributed by atoms with E-state index in [4.69, 9.17) is 0 Å². The summed E-state index contributed by atoms with van der Waals surface area (Å²) < 4.78 is 0.826. The standard InChI is InChI=1S/C16H19BrN2O4/c17-12-7-5-11(6-8-12)15(16(22)23)18-13(20)10-19-9-3-1-2-4-14(19)21/h5-8,15H,1-4,9-10H2,(H,18,20)(H,22,23). The molecule has 0 radical (unpaired) electrons. The summed E-state index contributed by atoms with van der Waals surface area (Å²) in [6.45, 7) is 0.446. The van der Waals surface area contributed by atoms with E-state index in [2.05, 4.69) is 21.2 Å². The molecule has 2 rings (SSSR count). The van der Waals surface area contributed by atoms with E-state index in [1.165, 1.54) is 4.90 Å². The van der Waals surface area contributed by atoms with E-state index in [0.717, 1.165) is 23.7 Å². The molecule has 124 valence electrons. The van der Waals surface area contributed by atoms with Crippen LogP contribution in [0.25, 0.3) is 0 Å². The fourth-order valence-corrected chi connectivity index (χ4v) is 2.79. The molecule has 0 aromatic heterocycles. The van der Waals surface area contributed by atoms with Crippen LogP contribution in [0.5, 0.6) is 0 Å². The van der Waals surface area contributed by atoms with E-state index >= 15 is 0 Å². The number of carboxylic acid groups (broad SMARTS) is 1. The Balaban J connectivity index is 2.01. The predicted octanol–water partition coefficient (Wildman–Crippen LogP) is 2.09. The second-order valence-electron chi connectivity index (χ2n) is 5.52. The zero-order chi connectivity index (χ0) is 16.8. The minimum absolute atomic E-state index is 0.0480. The first-order chi connectivity index (χ1) is 11.0. The number of amides is 2. The van der Waals surface area contributed by atoms with Crippen molar-refractivity contribution < 1.29 is 19.5 Å². The molecule has 0 saturated carbocycles. The van der Waals surface area contributed by atoms with Gasteiger partial charge in [0.2, 0.25) is 11.8 Å². The van der Waals surface area contributed by atoms with Crippen LogP contribution in [0.3, 0.4) is 0 Å². The molecule has 6 nitrogen and oxygen atoms in total. The van der Waals surface area contributed by atoms with Crippen LogP contribution >= 0.6 is 15.9 Å². The summed E-state index contributed by atoms with van der Waals surface area (Å²) in [5, 5.41) is 11.8. The largest absolute Gasteiger partial charge is 0.479 e. The molecule has 1 heterocycles. The quantitative estimate of drug-likeness (QED) is 0.815. The zero-order valence-electron chi connectivity index (χ0n) is 12.6. The van der Waals surface area contributed by atoms with Gasteiger partial charge in [-0.15, -0.1) is 0 Å². The van der Waals surface area contributed by atoms with E-state index in [9.17, 15) is 19.5 Å². The number of nitrogens with zero attached hydrogens (tertiary/aromatic N) is 1. The number of carboxylic acids is 1. The van der Waals surface area contributed by atoms with Crippen LogP contribution < -0.4 is 5.32 Å². The summed E-state index contributed by atoms with van der Waals surface area (Å²) in [5.74, 6) is -1.65. The van der Waals surface area contributed by atoms with Gasteiger partial charge in [-0.05, 0) is 30.5 Å². The van der Waals surface area contributed by atoms with Gasteiger partial charge < -0.3 is 15.3 Å². The number of aliphatic carboxylic acids is 1. The molecule has 1 atom stereocenters. The summed E-state index contributed by atoms with van der Waals surface area (Å²) in [6.07, 6.45) is 3.13. The molecule has 7 heteroatoms. The van der Waals surface area contributed by atoms with Gasteiger partial charge in [0.1, 0.15) is 0 Å². The lowest BCUT2D eigenvalue weighted by Crippen LogP contribution is -2.43. The molecule has 0 spiro atoms. The number of benzene rings is 1. The molecule has 1 fully saturated rings. The van der Waals surface area contributed by atoms with E-state index in [0.29, 0.717) is 18.5 Å². The molecule has 1 aromatic rings. The molecule has 23 heavy (non-hydrogen) atoms. The molecule has 1 aliphatic heterocycles. The van der Waals surface area contributed by atoms with Crippen LogP contribution in [0.4, 0.5) is 0 Å². The van der Waals surface area contributed by atoms with Gasteiger partial charge >= 0.3 is 5.97 Å². The molecule has 1 unspecified atom stereocenters. The van der Waals surface area contributed by atoms with Crippen LogP contribution in [0, 0.1) is 0 Å². The van der Waals surface area contributed by atoms with Gasteiger partial charge in [0, 0.05) is 17.4 Å². The van der Waals surface area contributed by atoms with Gasteiger partial charge in [-0.2, -0.15) is 0 Å². The molecule has 1 aliphatic rings. The fourth-order valence-electron chi connectivity index (χ4n) is 2.53. The summed E-state index contributed by atoms with van der Waals surface area (Å²) in [6, 6.07) is 5.59. The number of carbonyl (C=O) groups excluding carboxylic acids is 2. The number of hydrogen-bond acceptors (Lipinski definition) is 3. The van der Waals surface area contributed by atoms with Crippen molar-refractivity contribution in [2.45, 2.75) is 31.7 Å². The third-order valence-corrected chi connectivity index (χ3v) is 4.29. The summed E-state index contributed by atoms with van der Waals surface area (Å²) in [7, 11) is 0. The first-order valence-electron chi connectivity index (χ1n) is 7.53. The van der Waals surface area contributed by atoms with Crippen LogP contribution in [0.2, 0.25) is 0 Å². The predicted molar refractivity (Wildman–Crippen MR) is 87.7 cm³/mol. The van der Waals surface area contributed by atoms with Gasteiger partial charge in [-0.3, -0.25) is 9.59 Å². The Hall–Kier alpha value is -1.89. The molecule has 2 amide bonds. The smallest absolute Gasteiger partial charge is 0.330 e.